The number of pyridine rings is 1. The number of fused-ring (bicyclic) bond motifs is 1. The second-order valence-electron chi connectivity index (χ2n) is 1.95. The highest BCUT2D eigenvalue weighted by atomic mass is 19.1. The molecule has 0 aromatic carbocycles. The zero-order valence-corrected chi connectivity index (χ0v) is 5.08. The zero-order chi connectivity index (χ0) is 6.97. The lowest BCUT2D eigenvalue weighted by molar-refractivity contribution is 0.616. The van der Waals surface area contributed by atoms with E-state index in [4.69, 9.17) is 0 Å². The van der Waals surface area contributed by atoms with Gasteiger partial charge < -0.3 is 0 Å². The Bertz CT molecular complexity index is 353. The van der Waals surface area contributed by atoms with Gasteiger partial charge in [-0.25, -0.2) is 9.37 Å². The minimum Gasteiger partial charge on any atom is -0.295 e. The van der Waals surface area contributed by atoms with Crippen molar-refractivity contribution in [1.82, 2.24) is 9.38 Å². The molecule has 1 radical (unpaired) electrons. The Labute approximate surface area is 56.9 Å². The molecule has 49 valence electrons. The standard InChI is InChI=1S/C7H4FN2/c8-6-1-2-7-9-3-4-10(7)5-6/h1-4H. The minimum absolute atomic E-state index is 0.370. The summed E-state index contributed by atoms with van der Waals surface area (Å²) >= 11 is 0. The summed E-state index contributed by atoms with van der Waals surface area (Å²) in [6.45, 7) is 0. The largest absolute Gasteiger partial charge is 0.295 e. The molecule has 2 aromatic rings. The molecule has 0 atom stereocenters. The molecule has 2 heterocycles. The van der Waals surface area contributed by atoms with Crippen LogP contribution in [0.1, 0.15) is 0 Å². The third-order valence-electron chi connectivity index (χ3n) is 1.28. The Morgan fingerprint density at radius 2 is 2.40 bits per heavy atom. The van der Waals surface area contributed by atoms with Crippen LogP contribution in [0.3, 0.4) is 0 Å². The van der Waals surface area contributed by atoms with Gasteiger partial charge in [0.2, 0.25) is 0 Å². The molecule has 0 aliphatic heterocycles. The van der Waals surface area contributed by atoms with Gasteiger partial charge in [0.25, 0.3) is 0 Å². The van der Waals surface area contributed by atoms with Gasteiger partial charge in [0.15, 0.2) is 0 Å². The van der Waals surface area contributed by atoms with Crippen LogP contribution in [0, 0.1) is 12.0 Å². The van der Waals surface area contributed by atoms with Crippen LogP contribution < -0.4 is 0 Å². The monoisotopic (exact) mass is 135 g/mol. The van der Waals surface area contributed by atoms with Crippen molar-refractivity contribution in [2.45, 2.75) is 0 Å². The van der Waals surface area contributed by atoms with Crippen molar-refractivity contribution in [3.8, 4) is 0 Å². The Kier molecular flexibility index (Phi) is 0.974. The molecule has 0 aliphatic carbocycles. The maximum absolute atomic E-state index is 12.4. The molecule has 2 nitrogen and oxygen atoms in total. The van der Waals surface area contributed by atoms with Crippen LogP contribution in [-0.4, -0.2) is 9.38 Å². The summed E-state index contributed by atoms with van der Waals surface area (Å²) < 4.78 is 13.9. The van der Waals surface area contributed by atoms with Gasteiger partial charge in [0.1, 0.15) is 17.7 Å². The van der Waals surface area contributed by atoms with E-state index < -0.39 is 0 Å². The second kappa shape index (κ2) is 1.80. The predicted octanol–water partition coefficient (Wildman–Crippen LogP) is 1.27. The fraction of sp³-hybridized carbons (Fsp3) is 0. The fourth-order valence-electron chi connectivity index (χ4n) is 0.833. The maximum Gasteiger partial charge on any atom is 0.149 e. The number of aromatic nitrogens is 2. The van der Waals surface area contributed by atoms with Crippen molar-refractivity contribution in [2.24, 2.45) is 0 Å². The predicted molar refractivity (Wildman–Crippen MR) is 34.0 cm³/mol. The maximum atomic E-state index is 12.4. The Balaban J connectivity index is 2.86. The Morgan fingerprint density at radius 3 is 3.30 bits per heavy atom. The highest BCUT2D eigenvalue weighted by Crippen LogP contribution is 2.00. The topological polar surface area (TPSA) is 17.3 Å². The second-order valence-corrected chi connectivity index (χ2v) is 1.95. The van der Waals surface area contributed by atoms with Gasteiger partial charge in [0, 0.05) is 12.4 Å². The van der Waals surface area contributed by atoms with Crippen molar-refractivity contribution in [3.05, 3.63) is 36.5 Å². The molecule has 0 saturated heterocycles. The fourth-order valence-corrected chi connectivity index (χ4v) is 0.833. The molecule has 3 heteroatoms. The molecule has 0 unspecified atom stereocenters. The Morgan fingerprint density at radius 1 is 1.50 bits per heavy atom. The van der Waals surface area contributed by atoms with Gasteiger partial charge in [-0.15, -0.1) is 0 Å². The van der Waals surface area contributed by atoms with E-state index in [0.29, 0.717) is 5.65 Å². The van der Waals surface area contributed by atoms with E-state index in [2.05, 4.69) is 11.2 Å². The number of nitrogens with zero attached hydrogens (tertiary/aromatic N) is 2. The molecular weight excluding hydrogens is 131 g/mol. The number of hydrogen-bond acceptors (Lipinski definition) is 1. The number of rotatable bonds is 0. The first-order valence-corrected chi connectivity index (χ1v) is 2.87. The molecular formula is C7H4FN2. The van der Waals surface area contributed by atoms with Crippen molar-refractivity contribution < 1.29 is 4.39 Å². The van der Waals surface area contributed by atoms with Gasteiger partial charge in [-0.1, -0.05) is 0 Å². The minimum atomic E-state index is -0.370. The van der Waals surface area contributed by atoms with E-state index in [0.717, 1.165) is 0 Å². The molecule has 0 aliphatic rings. The van der Waals surface area contributed by atoms with Gasteiger partial charge in [-0.2, -0.15) is 0 Å². The molecule has 0 N–H and O–H groups in total. The first-order valence-electron chi connectivity index (χ1n) is 2.87. The van der Waals surface area contributed by atoms with Crippen LogP contribution in [0.5, 0.6) is 0 Å². The molecule has 0 saturated carbocycles. The Hall–Kier alpha value is -1.38. The summed E-state index contributed by atoms with van der Waals surface area (Å²) in [5, 5.41) is 0. The van der Waals surface area contributed by atoms with E-state index in [1.54, 1.807) is 18.5 Å². The van der Waals surface area contributed by atoms with E-state index in [9.17, 15) is 4.39 Å². The molecule has 10 heavy (non-hydrogen) atoms. The zero-order valence-electron chi connectivity index (χ0n) is 5.08. The summed E-state index contributed by atoms with van der Waals surface area (Å²) in [5.41, 5.74) is 0.710. The van der Waals surface area contributed by atoms with Crippen molar-refractivity contribution in [3.63, 3.8) is 0 Å². The SMILES string of the molecule is Fc1[c]n2ccnc2cc1. The summed E-state index contributed by atoms with van der Waals surface area (Å²) in [4.78, 5) is 3.92. The summed E-state index contributed by atoms with van der Waals surface area (Å²) in [7, 11) is 0. The lowest BCUT2D eigenvalue weighted by Gasteiger charge is -1.89. The molecule has 0 bridgehead atoms. The molecule has 2 aromatic heterocycles. The smallest absolute Gasteiger partial charge is 0.149 e. The van der Waals surface area contributed by atoms with Gasteiger partial charge in [0.05, 0.1) is 0 Å². The molecule has 0 fully saturated rings. The van der Waals surface area contributed by atoms with Gasteiger partial charge >= 0.3 is 0 Å². The number of halogens is 1. The van der Waals surface area contributed by atoms with Crippen LogP contribution in [0.2, 0.25) is 0 Å². The van der Waals surface area contributed by atoms with E-state index >= 15 is 0 Å². The average Bonchev–Trinajstić information content (AvgIpc) is 2.33. The quantitative estimate of drug-likeness (QED) is 0.531. The third-order valence-corrected chi connectivity index (χ3v) is 1.28. The lowest BCUT2D eigenvalue weighted by atomic mass is 10.5. The van der Waals surface area contributed by atoms with Crippen LogP contribution in [0.4, 0.5) is 4.39 Å². The average molecular weight is 135 g/mol. The van der Waals surface area contributed by atoms with Gasteiger partial charge in [-0.3, -0.25) is 4.40 Å². The highest BCUT2D eigenvalue weighted by molar-refractivity contribution is 5.36. The summed E-state index contributed by atoms with van der Waals surface area (Å²) in [5.74, 6) is -0.370. The van der Waals surface area contributed by atoms with Crippen LogP contribution in [0.15, 0.2) is 24.5 Å². The summed E-state index contributed by atoms with van der Waals surface area (Å²) in [6, 6.07) is 2.94. The van der Waals surface area contributed by atoms with Gasteiger partial charge in [-0.05, 0) is 12.1 Å². The summed E-state index contributed by atoms with van der Waals surface area (Å²) in [6.07, 6.45) is 5.71. The normalized spacial score (nSPS) is 10.5. The molecule has 0 amide bonds. The third kappa shape index (κ3) is 0.673. The first-order chi connectivity index (χ1) is 4.86. The number of imidazole rings is 1. The van der Waals surface area contributed by atoms with Crippen LogP contribution in [-0.2, 0) is 0 Å². The van der Waals surface area contributed by atoms with Crippen molar-refractivity contribution in [1.29, 1.82) is 0 Å². The van der Waals surface area contributed by atoms with E-state index in [1.165, 1.54) is 10.5 Å². The van der Waals surface area contributed by atoms with E-state index in [-0.39, 0.29) is 5.82 Å². The lowest BCUT2D eigenvalue weighted by Crippen LogP contribution is -1.84. The highest BCUT2D eigenvalue weighted by Gasteiger charge is 1.93. The molecule has 0 spiro atoms. The van der Waals surface area contributed by atoms with Crippen molar-refractivity contribution >= 4 is 5.65 Å². The molecule has 2 rings (SSSR count). The van der Waals surface area contributed by atoms with Crippen LogP contribution in [0.25, 0.3) is 5.65 Å². The van der Waals surface area contributed by atoms with E-state index in [1.807, 2.05) is 0 Å². The first kappa shape index (κ1) is 5.41. The van der Waals surface area contributed by atoms with Crippen LogP contribution >= 0.6 is 0 Å². The number of hydrogen-bond donors (Lipinski definition) is 0. The van der Waals surface area contributed by atoms with Crippen molar-refractivity contribution in [2.75, 3.05) is 0 Å².